The van der Waals surface area contributed by atoms with Crippen LogP contribution in [0.2, 0.25) is 0 Å². The second-order valence-corrected chi connectivity index (χ2v) is 5.17. The average Bonchev–Trinajstić information content (AvgIpc) is 2.50. The summed E-state index contributed by atoms with van der Waals surface area (Å²) in [7, 11) is 0. The number of benzene rings is 1. The van der Waals surface area contributed by atoms with E-state index in [-0.39, 0.29) is 0 Å². The Labute approximate surface area is 125 Å². The van der Waals surface area contributed by atoms with E-state index in [4.69, 9.17) is 0 Å². The van der Waals surface area contributed by atoms with Crippen LogP contribution in [-0.2, 0) is 0 Å². The van der Waals surface area contributed by atoms with Crippen LogP contribution < -0.4 is 0 Å². The van der Waals surface area contributed by atoms with Gasteiger partial charge in [-0.1, -0.05) is 13.8 Å². The van der Waals surface area contributed by atoms with E-state index in [1.54, 1.807) is 27.7 Å². The molecule has 2 unspecified atom stereocenters. The summed E-state index contributed by atoms with van der Waals surface area (Å²) < 4.78 is 67.1. The predicted octanol–water partition coefficient (Wildman–Crippen LogP) is 4.42. The third-order valence-corrected chi connectivity index (χ3v) is 3.79. The Balaban J connectivity index is 3.49. The molecule has 1 aromatic rings. The van der Waals surface area contributed by atoms with Gasteiger partial charge in [0, 0.05) is 12.1 Å². The van der Waals surface area contributed by atoms with Crippen LogP contribution in [0.3, 0.4) is 0 Å². The topological polar surface area (TPSA) is 20.3 Å². The molecule has 0 saturated carbocycles. The molecule has 2 nitrogen and oxygen atoms in total. The quantitative estimate of drug-likeness (QED) is 0.446. The lowest BCUT2D eigenvalue weighted by Crippen LogP contribution is -2.45. The van der Waals surface area contributed by atoms with Gasteiger partial charge in [-0.15, -0.1) is 0 Å². The Bertz CT molecular complexity index is 537. The molecule has 0 saturated heterocycles. The summed E-state index contributed by atoms with van der Waals surface area (Å²) in [6, 6.07) is -0.810. The minimum Gasteiger partial charge on any atom is -0.333 e. The molecule has 1 amide bonds. The van der Waals surface area contributed by atoms with E-state index in [9.17, 15) is 26.7 Å². The molecule has 0 spiro atoms. The van der Waals surface area contributed by atoms with E-state index in [1.807, 2.05) is 0 Å². The molecule has 1 rings (SSSR count). The minimum absolute atomic E-state index is 0.405. The first-order valence-corrected chi connectivity index (χ1v) is 7.02. The molecule has 0 aromatic heterocycles. The van der Waals surface area contributed by atoms with Gasteiger partial charge in [-0.05, 0) is 26.7 Å². The average molecular weight is 323 g/mol. The monoisotopic (exact) mass is 323 g/mol. The van der Waals surface area contributed by atoms with Gasteiger partial charge in [0.15, 0.2) is 23.3 Å². The largest absolute Gasteiger partial charge is 0.333 e. The highest BCUT2D eigenvalue weighted by Gasteiger charge is 2.34. The van der Waals surface area contributed by atoms with E-state index in [2.05, 4.69) is 0 Å². The lowest BCUT2D eigenvalue weighted by Gasteiger charge is -2.34. The molecule has 0 fully saturated rings. The maximum atomic E-state index is 13.8. The standard InChI is InChI=1S/C15H18F5NO/c1-5-7(3)21(8(4)6-2)15(22)9-10(16)12(18)14(20)13(19)11(9)17/h7-8H,5-6H2,1-4H3. The number of amides is 1. The zero-order valence-corrected chi connectivity index (χ0v) is 12.8. The molecule has 0 heterocycles. The molecule has 0 bridgehead atoms. The maximum Gasteiger partial charge on any atom is 0.260 e. The summed E-state index contributed by atoms with van der Waals surface area (Å²) in [5.74, 6) is -11.9. The van der Waals surface area contributed by atoms with Gasteiger partial charge in [0.1, 0.15) is 5.56 Å². The van der Waals surface area contributed by atoms with Crippen molar-refractivity contribution in [2.75, 3.05) is 0 Å². The summed E-state index contributed by atoms with van der Waals surface area (Å²) in [6.07, 6.45) is 0.955. The van der Waals surface area contributed by atoms with Crippen molar-refractivity contribution in [2.24, 2.45) is 0 Å². The molecular weight excluding hydrogens is 305 g/mol. The van der Waals surface area contributed by atoms with Crippen molar-refractivity contribution >= 4 is 5.91 Å². The van der Waals surface area contributed by atoms with Crippen molar-refractivity contribution < 1.29 is 26.7 Å². The number of hydrogen-bond donors (Lipinski definition) is 0. The van der Waals surface area contributed by atoms with Crippen molar-refractivity contribution in [3.05, 3.63) is 34.6 Å². The smallest absolute Gasteiger partial charge is 0.260 e. The van der Waals surface area contributed by atoms with Gasteiger partial charge in [-0.25, -0.2) is 22.0 Å². The fourth-order valence-corrected chi connectivity index (χ4v) is 2.15. The van der Waals surface area contributed by atoms with E-state index < -0.39 is 52.6 Å². The summed E-state index contributed by atoms with van der Waals surface area (Å²) in [4.78, 5) is 13.5. The first kappa shape index (κ1) is 18.4. The molecular formula is C15H18F5NO. The summed E-state index contributed by atoms with van der Waals surface area (Å²) in [5.41, 5.74) is -1.41. The van der Waals surface area contributed by atoms with Crippen LogP contribution in [0.4, 0.5) is 22.0 Å². The first-order valence-electron chi connectivity index (χ1n) is 7.02. The number of hydrogen-bond acceptors (Lipinski definition) is 1. The zero-order chi connectivity index (χ0) is 17.2. The Morgan fingerprint density at radius 3 is 1.45 bits per heavy atom. The van der Waals surface area contributed by atoms with Gasteiger partial charge in [0.05, 0.1) is 0 Å². The predicted molar refractivity (Wildman–Crippen MR) is 71.9 cm³/mol. The Morgan fingerprint density at radius 1 is 0.818 bits per heavy atom. The van der Waals surface area contributed by atoms with Gasteiger partial charge in [-0.3, -0.25) is 4.79 Å². The van der Waals surface area contributed by atoms with Crippen LogP contribution in [0.1, 0.15) is 50.9 Å². The second kappa shape index (κ2) is 7.07. The Kier molecular flexibility index (Phi) is 5.91. The molecule has 22 heavy (non-hydrogen) atoms. The highest BCUT2D eigenvalue weighted by molar-refractivity contribution is 5.95. The molecule has 0 aliphatic heterocycles. The molecule has 0 aliphatic rings. The highest BCUT2D eigenvalue weighted by atomic mass is 19.2. The number of carbonyl (C=O) groups excluding carboxylic acids is 1. The van der Waals surface area contributed by atoms with Crippen molar-refractivity contribution in [2.45, 2.75) is 52.6 Å². The highest BCUT2D eigenvalue weighted by Crippen LogP contribution is 2.26. The van der Waals surface area contributed by atoms with Crippen LogP contribution >= 0.6 is 0 Å². The van der Waals surface area contributed by atoms with Gasteiger partial charge in [-0.2, -0.15) is 0 Å². The third-order valence-electron chi connectivity index (χ3n) is 3.79. The van der Waals surface area contributed by atoms with Crippen LogP contribution in [0, 0.1) is 29.1 Å². The zero-order valence-electron chi connectivity index (χ0n) is 12.8. The van der Waals surface area contributed by atoms with Crippen molar-refractivity contribution in [1.82, 2.24) is 4.90 Å². The van der Waals surface area contributed by atoms with Crippen molar-refractivity contribution in [3.63, 3.8) is 0 Å². The van der Waals surface area contributed by atoms with Crippen molar-refractivity contribution in [3.8, 4) is 0 Å². The van der Waals surface area contributed by atoms with E-state index in [0.717, 1.165) is 4.90 Å². The third kappa shape index (κ3) is 3.08. The van der Waals surface area contributed by atoms with E-state index in [0.29, 0.717) is 12.8 Å². The minimum atomic E-state index is -2.27. The van der Waals surface area contributed by atoms with Gasteiger partial charge in [0.2, 0.25) is 5.82 Å². The van der Waals surface area contributed by atoms with Crippen molar-refractivity contribution in [1.29, 1.82) is 0 Å². The Morgan fingerprint density at radius 2 is 1.14 bits per heavy atom. The SMILES string of the molecule is CCC(C)N(C(=O)c1c(F)c(F)c(F)c(F)c1F)C(C)CC. The Hall–Kier alpha value is -1.66. The van der Waals surface area contributed by atoms with Crippen LogP contribution in [-0.4, -0.2) is 22.9 Å². The molecule has 2 atom stereocenters. The molecule has 124 valence electrons. The molecule has 1 aromatic carbocycles. The van der Waals surface area contributed by atoms with Crippen LogP contribution in [0.15, 0.2) is 0 Å². The fourth-order valence-electron chi connectivity index (χ4n) is 2.15. The second-order valence-electron chi connectivity index (χ2n) is 5.17. The lowest BCUT2D eigenvalue weighted by molar-refractivity contribution is 0.0585. The van der Waals surface area contributed by atoms with Crippen LogP contribution in [0.25, 0.3) is 0 Å². The molecule has 7 heteroatoms. The first-order chi connectivity index (χ1) is 10.2. The lowest BCUT2D eigenvalue weighted by atomic mass is 10.1. The number of nitrogens with zero attached hydrogens (tertiary/aromatic N) is 1. The fraction of sp³-hybridized carbons (Fsp3) is 0.533. The number of carbonyl (C=O) groups is 1. The number of halogens is 5. The molecule has 0 radical (unpaired) electrons. The van der Waals surface area contributed by atoms with Gasteiger partial charge >= 0.3 is 0 Å². The normalized spacial score (nSPS) is 13.9. The number of rotatable bonds is 5. The summed E-state index contributed by atoms with van der Waals surface area (Å²) in [5, 5.41) is 0. The molecule has 0 N–H and O–H groups in total. The summed E-state index contributed by atoms with van der Waals surface area (Å²) >= 11 is 0. The van der Waals surface area contributed by atoms with Crippen LogP contribution in [0.5, 0.6) is 0 Å². The van der Waals surface area contributed by atoms with E-state index in [1.165, 1.54) is 0 Å². The van der Waals surface area contributed by atoms with E-state index >= 15 is 0 Å². The van der Waals surface area contributed by atoms with Gasteiger partial charge < -0.3 is 4.90 Å². The molecule has 0 aliphatic carbocycles. The van der Waals surface area contributed by atoms with Gasteiger partial charge in [0.25, 0.3) is 5.91 Å². The maximum absolute atomic E-state index is 13.8. The summed E-state index contributed by atoms with van der Waals surface area (Å²) in [6.45, 7) is 6.81.